The first-order valence-corrected chi connectivity index (χ1v) is 5.40. The first kappa shape index (κ1) is 6.43. The SMILES string of the molecule is [2H]C([2H])([2H])C([2H])([2H])C1(C(=O)OCC)Cc2ccccc2C1. The van der Waals surface area contributed by atoms with Gasteiger partial charge in [-0.15, -0.1) is 0 Å². The summed E-state index contributed by atoms with van der Waals surface area (Å²) in [5.74, 6) is -0.776. The Morgan fingerprint density at radius 3 is 2.62 bits per heavy atom. The van der Waals surface area contributed by atoms with Gasteiger partial charge in [-0.05, 0) is 37.3 Å². The molecule has 0 bridgehead atoms. The van der Waals surface area contributed by atoms with Crippen molar-refractivity contribution in [2.45, 2.75) is 33.0 Å². The van der Waals surface area contributed by atoms with Gasteiger partial charge in [0.2, 0.25) is 0 Å². The molecule has 2 heteroatoms. The number of carbonyl (C=O) groups excluding carboxylic acids is 1. The van der Waals surface area contributed by atoms with Crippen LogP contribution in [0.3, 0.4) is 0 Å². The van der Waals surface area contributed by atoms with Gasteiger partial charge in [-0.3, -0.25) is 4.79 Å². The molecule has 16 heavy (non-hydrogen) atoms. The molecule has 0 aromatic heterocycles. The number of hydrogen-bond donors (Lipinski definition) is 0. The van der Waals surface area contributed by atoms with Gasteiger partial charge in [-0.1, -0.05) is 31.1 Å². The van der Waals surface area contributed by atoms with E-state index in [2.05, 4.69) is 0 Å². The molecule has 0 atom stereocenters. The third-order valence-electron chi connectivity index (χ3n) is 3.01. The molecule has 0 aliphatic heterocycles. The van der Waals surface area contributed by atoms with Crippen molar-refractivity contribution in [2.24, 2.45) is 5.41 Å². The molecule has 0 saturated heterocycles. The van der Waals surface area contributed by atoms with Crippen LogP contribution in [0.2, 0.25) is 0 Å². The lowest BCUT2D eigenvalue weighted by molar-refractivity contribution is -0.155. The van der Waals surface area contributed by atoms with E-state index in [9.17, 15) is 4.79 Å². The molecule has 0 radical (unpaired) electrons. The van der Waals surface area contributed by atoms with E-state index in [4.69, 9.17) is 11.6 Å². The highest BCUT2D eigenvalue weighted by Crippen LogP contribution is 2.40. The van der Waals surface area contributed by atoms with Crippen LogP contribution in [-0.4, -0.2) is 12.6 Å². The Bertz CT molecular complexity index is 526. The van der Waals surface area contributed by atoms with E-state index in [1.165, 1.54) is 0 Å². The Morgan fingerprint density at radius 2 is 2.12 bits per heavy atom. The van der Waals surface area contributed by atoms with Crippen LogP contribution in [-0.2, 0) is 22.4 Å². The smallest absolute Gasteiger partial charge is 0.312 e. The van der Waals surface area contributed by atoms with Crippen LogP contribution in [0.15, 0.2) is 24.3 Å². The number of benzene rings is 1. The Kier molecular flexibility index (Phi) is 1.72. The molecule has 1 aliphatic carbocycles. The van der Waals surface area contributed by atoms with Crippen molar-refractivity contribution in [3.05, 3.63) is 35.4 Å². The maximum absolute atomic E-state index is 12.4. The molecular weight excluding hydrogens is 200 g/mol. The monoisotopic (exact) mass is 223 g/mol. The van der Waals surface area contributed by atoms with E-state index < -0.39 is 24.6 Å². The lowest BCUT2D eigenvalue weighted by Gasteiger charge is -2.24. The minimum Gasteiger partial charge on any atom is -0.466 e. The Hall–Kier alpha value is -1.31. The second kappa shape index (κ2) is 4.28. The number of rotatable bonds is 3. The molecule has 2 nitrogen and oxygen atoms in total. The van der Waals surface area contributed by atoms with Gasteiger partial charge in [0.1, 0.15) is 0 Å². The van der Waals surface area contributed by atoms with E-state index in [0.717, 1.165) is 11.1 Å². The molecule has 0 N–H and O–H groups in total. The molecule has 0 saturated carbocycles. The summed E-state index contributed by atoms with van der Waals surface area (Å²) in [6.07, 6.45) is -2.56. The molecule has 86 valence electrons. The molecule has 1 aromatic carbocycles. The van der Waals surface area contributed by atoms with Crippen molar-refractivity contribution in [3.63, 3.8) is 0 Å². The average Bonchev–Trinajstić information content (AvgIpc) is 2.78. The fourth-order valence-electron chi connectivity index (χ4n) is 2.17. The molecule has 0 fully saturated rings. The zero-order valence-electron chi connectivity index (χ0n) is 14.2. The molecular formula is C14H18O2. The lowest BCUT2D eigenvalue weighted by atomic mass is 9.82. The highest BCUT2D eigenvalue weighted by Gasteiger charge is 2.43. The molecule has 1 aromatic rings. The van der Waals surface area contributed by atoms with Gasteiger partial charge in [0.05, 0.1) is 12.0 Å². The van der Waals surface area contributed by atoms with Crippen LogP contribution in [0.25, 0.3) is 0 Å². The van der Waals surface area contributed by atoms with Gasteiger partial charge in [-0.2, -0.15) is 0 Å². The highest BCUT2D eigenvalue weighted by atomic mass is 16.5. The topological polar surface area (TPSA) is 26.3 Å². The number of hydrogen-bond acceptors (Lipinski definition) is 2. The van der Waals surface area contributed by atoms with E-state index in [0.29, 0.717) is 0 Å². The van der Waals surface area contributed by atoms with Gasteiger partial charge >= 0.3 is 5.97 Å². The molecule has 0 amide bonds. The predicted molar refractivity (Wildman–Crippen MR) is 63.2 cm³/mol. The molecule has 0 unspecified atom stereocenters. The molecule has 2 rings (SSSR count). The molecule has 1 aliphatic rings. The van der Waals surface area contributed by atoms with Crippen LogP contribution < -0.4 is 0 Å². The van der Waals surface area contributed by atoms with Crippen molar-refractivity contribution in [3.8, 4) is 0 Å². The average molecular weight is 223 g/mol. The standard InChI is InChI=1S/C14H18O2/c1-3-14(13(15)16-4-2)9-11-7-5-6-8-12(11)10-14/h5-8H,3-4,9-10H2,1-2H3/i1D3,3D2. The quantitative estimate of drug-likeness (QED) is 0.736. The second-order valence-electron chi connectivity index (χ2n) is 4.05. The van der Waals surface area contributed by atoms with Gasteiger partial charge in [0.15, 0.2) is 0 Å². The fourth-order valence-corrected chi connectivity index (χ4v) is 2.17. The van der Waals surface area contributed by atoms with Crippen LogP contribution >= 0.6 is 0 Å². The third-order valence-corrected chi connectivity index (χ3v) is 3.01. The Balaban J connectivity index is 2.52. The van der Waals surface area contributed by atoms with Crippen molar-refractivity contribution >= 4 is 5.97 Å². The first-order chi connectivity index (χ1) is 9.65. The molecule has 0 spiro atoms. The van der Waals surface area contributed by atoms with Crippen LogP contribution in [0, 0.1) is 5.41 Å². The van der Waals surface area contributed by atoms with Gasteiger partial charge in [-0.25, -0.2) is 0 Å². The summed E-state index contributed by atoms with van der Waals surface area (Å²) in [6.45, 7) is -1.19. The largest absolute Gasteiger partial charge is 0.466 e. The van der Waals surface area contributed by atoms with Crippen molar-refractivity contribution in [1.82, 2.24) is 0 Å². The van der Waals surface area contributed by atoms with E-state index in [-0.39, 0.29) is 19.4 Å². The summed E-state index contributed by atoms with van der Waals surface area (Å²) in [4.78, 5) is 12.4. The number of ether oxygens (including phenoxy) is 1. The summed E-state index contributed by atoms with van der Waals surface area (Å²) in [5.41, 5.74) is -0.0878. The van der Waals surface area contributed by atoms with E-state index in [1.54, 1.807) is 31.2 Å². The zero-order chi connectivity index (χ0) is 15.9. The minimum absolute atomic E-state index is 0.0490. The normalized spacial score (nSPS) is 23.2. The summed E-state index contributed by atoms with van der Waals surface area (Å²) in [6, 6.07) is 7.19. The number of carbonyl (C=O) groups is 1. The van der Waals surface area contributed by atoms with Crippen LogP contribution in [0.4, 0.5) is 0 Å². The maximum Gasteiger partial charge on any atom is 0.312 e. The Labute approximate surface area is 104 Å². The number of fused-ring (bicyclic) bond motifs is 1. The third kappa shape index (κ3) is 1.73. The zero-order valence-corrected chi connectivity index (χ0v) is 9.25. The Morgan fingerprint density at radius 1 is 1.50 bits per heavy atom. The predicted octanol–water partition coefficient (Wildman–Crippen LogP) is 2.74. The van der Waals surface area contributed by atoms with Crippen LogP contribution in [0.1, 0.15) is 38.1 Å². The lowest BCUT2D eigenvalue weighted by Crippen LogP contribution is -2.33. The van der Waals surface area contributed by atoms with Crippen LogP contribution in [0.5, 0.6) is 0 Å². The van der Waals surface area contributed by atoms with Gasteiger partial charge < -0.3 is 4.74 Å². The maximum atomic E-state index is 12.4. The van der Waals surface area contributed by atoms with Crippen molar-refractivity contribution in [2.75, 3.05) is 6.61 Å². The summed E-state index contributed by atoms with van der Waals surface area (Å²) < 4.78 is 43.8. The van der Waals surface area contributed by atoms with Crippen molar-refractivity contribution < 1.29 is 16.4 Å². The summed E-state index contributed by atoms with van der Waals surface area (Å²) in [5, 5.41) is 0. The molecule has 0 heterocycles. The van der Waals surface area contributed by atoms with Crippen molar-refractivity contribution in [1.29, 1.82) is 0 Å². The first-order valence-electron chi connectivity index (χ1n) is 7.90. The summed E-state index contributed by atoms with van der Waals surface area (Å²) in [7, 11) is 0. The van der Waals surface area contributed by atoms with E-state index in [1.807, 2.05) is 0 Å². The second-order valence-corrected chi connectivity index (χ2v) is 4.05. The minimum atomic E-state index is -2.90. The summed E-state index contributed by atoms with van der Waals surface area (Å²) >= 11 is 0. The van der Waals surface area contributed by atoms with Gasteiger partial charge in [0, 0.05) is 6.85 Å². The number of esters is 1. The fraction of sp³-hybridized carbons (Fsp3) is 0.500. The highest BCUT2D eigenvalue weighted by molar-refractivity contribution is 5.79. The van der Waals surface area contributed by atoms with E-state index >= 15 is 0 Å². The van der Waals surface area contributed by atoms with Gasteiger partial charge in [0.25, 0.3) is 0 Å².